The van der Waals surface area contributed by atoms with Crippen molar-refractivity contribution in [3.8, 4) is 23.0 Å². The minimum atomic E-state index is 0.374. The molecule has 0 fully saturated rings. The Morgan fingerprint density at radius 2 is 2.07 bits per heavy atom. The maximum atomic E-state index is 6.05. The molecule has 0 bridgehead atoms. The van der Waals surface area contributed by atoms with Gasteiger partial charge in [-0.2, -0.15) is 11.3 Å². The number of imidazole rings is 1. The second-order valence-corrected chi connectivity index (χ2v) is 7.79. The molecule has 1 aromatic carbocycles. The van der Waals surface area contributed by atoms with Crippen LogP contribution in [0.3, 0.4) is 0 Å². The molecule has 144 valence electrons. The van der Waals surface area contributed by atoms with Crippen molar-refractivity contribution in [1.82, 2.24) is 19.5 Å². The number of thiophene rings is 1. The molecule has 2 aliphatic rings. The Morgan fingerprint density at radius 3 is 2.82 bits per heavy atom. The summed E-state index contributed by atoms with van der Waals surface area (Å²) in [5.74, 6) is 2.58. The summed E-state index contributed by atoms with van der Waals surface area (Å²) in [6.07, 6.45) is 2.62. The van der Waals surface area contributed by atoms with Gasteiger partial charge in [-0.25, -0.2) is 15.0 Å². The maximum absolute atomic E-state index is 6.05. The largest absolute Gasteiger partial charge is 0.497 e. The van der Waals surface area contributed by atoms with Gasteiger partial charge in [-0.15, -0.1) is 0 Å². The quantitative estimate of drug-likeness (QED) is 0.492. The van der Waals surface area contributed by atoms with E-state index in [1.165, 1.54) is 17.3 Å². The Kier molecular flexibility index (Phi) is 5.36. The average Bonchev–Trinajstić information content (AvgIpc) is 3.38. The molecule has 0 saturated heterocycles. The Balaban J connectivity index is 1.64. The molecule has 7 nitrogen and oxygen atoms in total. The summed E-state index contributed by atoms with van der Waals surface area (Å²) < 4.78 is 12.7. The Labute approximate surface area is 170 Å². The molecule has 0 unspecified atom stereocenters. The van der Waals surface area contributed by atoms with Gasteiger partial charge in [-0.05, 0) is 58.8 Å². The minimum absolute atomic E-state index is 0.374. The number of fused-ring (bicyclic) bond motifs is 1. The molecule has 9 heteroatoms. The predicted octanol–water partition coefficient (Wildman–Crippen LogP) is 3.83. The third kappa shape index (κ3) is 3.76. The first-order valence-electron chi connectivity index (χ1n) is 8.57. The Morgan fingerprint density at radius 1 is 1.18 bits per heavy atom. The molecule has 0 radical (unpaired) electrons. The van der Waals surface area contributed by atoms with Gasteiger partial charge >= 0.3 is 0 Å². The van der Waals surface area contributed by atoms with Gasteiger partial charge in [0.2, 0.25) is 0 Å². The lowest BCUT2D eigenvalue weighted by atomic mass is 10.2. The number of nitrogens with zero attached hydrogens (tertiary/aromatic N) is 4. The lowest BCUT2D eigenvalue weighted by molar-refractivity contribution is 0.394. The molecule has 2 aliphatic heterocycles. The molecule has 0 spiro atoms. The number of methoxy groups -OCH3 is 2. The number of nitrogens with two attached hydrogens (primary N) is 1. The van der Waals surface area contributed by atoms with E-state index >= 15 is 0 Å². The molecule has 0 atom stereocenters. The van der Waals surface area contributed by atoms with Crippen LogP contribution in [0.4, 0.5) is 5.82 Å². The van der Waals surface area contributed by atoms with E-state index in [9.17, 15) is 0 Å². The Bertz CT molecular complexity index is 1050. The van der Waals surface area contributed by atoms with Crippen LogP contribution in [0, 0.1) is 0 Å². The van der Waals surface area contributed by atoms with Crippen molar-refractivity contribution < 1.29 is 9.47 Å². The van der Waals surface area contributed by atoms with Crippen molar-refractivity contribution in [3.63, 3.8) is 0 Å². The van der Waals surface area contributed by atoms with Crippen LogP contribution >= 0.6 is 23.1 Å². The first-order valence-corrected chi connectivity index (χ1v) is 10.3. The predicted molar refractivity (Wildman–Crippen MR) is 111 cm³/mol. The second-order valence-electron chi connectivity index (χ2n) is 6.00. The first kappa shape index (κ1) is 18.6. The molecule has 1 aromatic heterocycles. The summed E-state index contributed by atoms with van der Waals surface area (Å²) in [6, 6.07) is 7.74. The molecule has 0 aliphatic carbocycles. The highest BCUT2D eigenvalue weighted by molar-refractivity contribution is 7.99. The van der Waals surface area contributed by atoms with E-state index in [4.69, 9.17) is 20.2 Å². The number of ether oxygens (including phenoxy) is 2. The Hall–Kier alpha value is -2.78. The lowest BCUT2D eigenvalue weighted by Gasteiger charge is -2.10. The van der Waals surface area contributed by atoms with Crippen molar-refractivity contribution in [2.45, 2.75) is 23.0 Å². The fraction of sp³-hybridized carbons (Fsp3) is 0.211. The van der Waals surface area contributed by atoms with Gasteiger partial charge in [-0.1, -0.05) is 0 Å². The first-order chi connectivity index (χ1) is 13.7. The highest BCUT2D eigenvalue weighted by atomic mass is 32.2. The van der Waals surface area contributed by atoms with Gasteiger partial charge in [-0.3, -0.25) is 0 Å². The molecule has 0 saturated carbocycles. The number of hydrogen-bond donors (Lipinski definition) is 1. The number of anilines is 1. The fourth-order valence-electron chi connectivity index (χ4n) is 2.79. The van der Waals surface area contributed by atoms with Gasteiger partial charge in [0, 0.05) is 6.54 Å². The molecule has 4 rings (SSSR count). The zero-order valence-electron chi connectivity index (χ0n) is 15.5. The molecular weight excluding hydrogens is 394 g/mol. The van der Waals surface area contributed by atoms with Crippen LogP contribution in [0.5, 0.6) is 11.5 Å². The SMILES string of the molecule is COc1ccc(OC)c(Sc2nc3c(N)ncn(CCc4ccsc4)c-3n2)c1. The van der Waals surface area contributed by atoms with E-state index in [0.717, 1.165) is 35.2 Å². The van der Waals surface area contributed by atoms with Crippen LogP contribution in [-0.4, -0.2) is 33.7 Å². The van der Waals surface area contributed by atoms with Crippen molar-refractivity contribution in [2.75, 3.05) is 20.0 Å². The van der Waals surface area contributed by atoms with E-state index in [-0.39, 0.29) is 0 Å². The smallest absolute Gasteiger partial charge is 0.195 e. The third-order valence-corrected chi connectivity index (χ3v) is 5.90. The van der Waals surface area contributed by atoms with Gasteiger partial charge in [0.15, 0.2) is 22.5 Å². The molecule has 28 heavy (non-hydrogen) atoms. The molecular formula is C19H19N5O2S2. The molecule has 2 N–H and O–H groups in total. The zero-order valence-corrected chi connectivity index (χ0v) is 17.1. The van der Waals surface area contributed by atoms with Crippen molar-refractivity contribution >= 4 is 28.9 Å². The van der Waals surface area contributed by atoms with E-state index in [2.05, 4.69) is 26.8 Å². The van der Waals surface area contributed by atoms with Crippen molar-refractivity contribution in [3.05, 3.63) is 46.9 Å². The summed E-state index contributed by atoms with van der Waals surface area (Å²) in [5, 5.41) is 4.82. The number of nitrogen functional groups attached to an aromatic ring is 1. The highest BCUT2D eigenvalue weighted by Gasteiger charge is 2.20. The normalized spacial score (nSPS) is 11.1. The molecule has 0 amide bonds. The van der Waals surface area contributed by atoms with Crippen LogP contribution in [0.1, 0.15) is 5.56 Å². The monoisotopic (exact) mass is 413 g/mol. The lowest BCUT2D eigenvalue weighted by Crippen LogP contribution is -2.09. The summed E-state index contributed by atoms with van der Waals surface area (Å²) in [5.41, 5.74) is 7.94. The van der Waals surface area contributed by atoms with E-state index in [1.54, 1.807) is 31.9 Å². The van der Waals surface area contributed by atoms with Crippen molar-refractivity contribution in [2.24, 2.45) is 0 Å². The summed E-state index contributed by atoms with van der Waals surface area (Å²) in [6.45, 7) is 0.756. The van der Waals surface area contributed by atoms with Gasteiger partial charge in [0.05, 0.1) is 25.4 Å². The zero-order chi connectivity index (χ0) is 19.5. The van der Waals surface area contributed by atoms with Crippen LogP contribution < -0.4 is 15.2 Å². The fourth-order valence-corrected chi connectivity index (χ4v) is 4.39. The van der Waals surface area contributed by atoms with E-state index < -0.39 is 0 Å². The number of benzene rings is 1. The summed E-state index contributed by atoms with van der Waals surface area (Å²) in [7, 11) is 3.26. The summed E-state index contributed by atoms with van der Waals surface area (Å²) in [4.78, 5) is 14.4. The summed E-state index contributed by atoms with van der Waals surface area (Å²) >= 11 is 3.10. The number of aryl methyl sites for hydroxylation is 2. The van der Waals surface area contributed by atoms with E-state index in [1.807, 2.05) is 22.8 Å². The second kappa shape index (κ2) is 8.07. The topological polar surface area (TPSA) is 88.1 Å². The third-order valence-electron chi connectivity index (χ3n) is 4.27. The van der Waals surface area contributed by atoms with Crippen LogP contribution in [-0.2, 0) is 13.0 Å². The number of rotatable bonds is 7. The van der Waals surface area contributed by atoms with Crippen LogP contribution in [0.15, 0.2) is 51.4 Å². The molecule has 3 heterocycles. The van der Waals surface area contributed by atoms with Crippen LogP contribution in [0.2, 0.25) is 0 Å². The molecule has 2 aromatic rings. The highest BCUT2D eigenvalue weighted by Crippen LogP contribution is 2.38. The maximum Gasteiger partial charge on any atom is 0.195 e. The van der Waals surface area contributed by atoms with E-state index in [0.29, 0.717) is 16.7 Å². The number of hydrogen-bond acceptors (Lipinski definition) is 8. The van der Waals surface area contributed by atoms with Crippen molar-refractivity contribution in [1.29, 1.82) is 0 Å². The minimum Gasteiger partial charge on any atom is -0.497 e. The standard InChI is InChI=1S/C19H19N5O2S2/c1-25-13-3-4-14(26-2)15(9-13)28-19-22-16-17(20)21-11-24(18(16)23-19)7-5-12-6-8-27-10-12/h3-4,6,8-11H,5,7,20H2,1-2H3. The van der Waals surface area contributed by atoms with Crippen LogP contribution in [0.25, 0.3) is 11.5 Å². The van der Waals surface area contributed by atoms with Gasteiger partial charge in [0.1, 0.15) is 11.5 Å². The average molecular weight is 414 g/mol. The number of aromatic nitrogens is 4. The van der Waals surface area contributed by atoms with Gasteiger partial charge < -0.3 is 19.8 Å². The van der Waals surface area contributed by atoms with Gasteiger partial charge in [0.25, 0.3) is 0 Å².